The van der Waals surface area contributed by atoms with Crippen LogP contribution in [-0.4, -0.2) is 54.5 Å². The second kappa shape index (κ2) is 6.52. The van der Waals surface area contributed by atoms with Gasteiger partial charge >= 0.3 is 11.9 Å². The normalized spacial score (nSPS) is 20.2. The molecule has 0 aromatic carbocycles. The molecule has 2 atom stereocenters. The van der Waals surface area contributed by atoms with Gasteiger partial charge in [-0.1, -0.05) is 13.2 Å². The topological polar surface area (TPSA) is 49.9 Å². The summed E-state index contributed by atoms with van der Waals surface area (Å²) in [5, 5.41) is 0. The van der Waals surface area contributed by atoms with Gasteiger partial charge in [-0.25, -0.2) is 9.59 Å². The molecular formula is C14H22N2O3. The van der Waals surface area contributed by atoms with Crippen LogP contribution in [0.2, 0.25) is 0 Å². The van der Waals surface area contributed by atoms with Crippen LogP contribution in [-0.2, 0) is 14.3 Å². The lowest BCUT2D eigenvalue weighted by atomic mass is 10.0. The van der Waals surface area contributed by atoms with Crippen LogP contribution >= 0.6 is 0 Å². The molecule has 0 aromatic heterocycles. The third-order valence-electron chi connectivity index (χ3n) is 3.28. The van der Waals surface area contributed by atoms with E-state index in [0.717, 1.165) is 19.4 Å². The Labute approximate surface area is 114 Å². The van der Waals surface area contributed by atoms with Crippen LogP contribution < -0.4 is 0 Å². The van der Waals surface area contributed by atoms with E-state index in [9.17, 15) is 9.59 Å². The molecule has 0 aromatic rings. The number of carbonyl (C=O) groups is 2. The van der Waals surface area contributed by atoms with Crippen LogP contribution in [0.25, 0.3) is 0 Å². The number of rotatable bonds is 5. The molecule has 5 heteroatoms. The number of likely N-dealkylation sites (tertiary alicyclic amines) is 1. The van der Waals surface area contributed by atoms with E-state index in [4.69, 9.17) is 4.74 Å². The van der Waals surface area contributed by atoms with E-state index in [-0.39, 0.29) is 11.6 Å². The van der Waals surface area contributed by atoms with E-state index in [1.54, 1.807) is 25.2 Å². The molecule has 0 bridgehead atoms. The van der Waals surface area contributed by atoms with Gasteiger partial charge in [-0.15, -0.1) is 0 Å². The van der Waals surface area contributed by atoms with Crippen LogP contribution in [0.3, 0.4) is 0 Å². The van der Waals surface area contributed by atoms with E-state index in [1.165, 1.54) is 6.92 Å². The van der Waals surface area contributed by atoms with E-state index in [0.29, 0.717) is 0 Å². The van der Waals surface area contributed by atoms with E-state index in [1.807, 2.05) is 4.90 Å². The molecule has 1 saturated heterocycles. The number of carbonyl (C=O) groups excluding carboxylic acids is 2. The maximum Gasteiger partial charge on any atom is 0.340 e. The Balaban J connectivity index is 2.82. The summed E-state index contributed by atoms with van der Waals surface area (Å²) in [6, 6.07) is -0.485. The Morgan fingerprint density at radius 1 is 1.47 bits per heavy atom. The predicted octanol–water partition coefficient (Wildman–Crippen LogP) is 1.17. The third kappa shape index (κ3) is 3.67. The van der Waals surface area contributed by atoms with Crippen molar-refractivity contribution in [3.63, 3.8) is 0 Å². The van der Waals surface area contributed by atoms with Gasteiger partial charge in [0.2, 0.25) is 0 Å². The highest BCUT2D eigenvalue weighted by atomic mass is 16.6. The van der Waals surface area contributed by atoms with Gasteiger partial charge in [-0.2, -0.15) is 0 Å². The molecule has 1 rings (SSSR count). The summed E-state index contributed by atoms with van der Waals surface area (Å²) in [4.78, 5) is 27.4. The smallest absolute Gasteiger partial charge is 0.340 e. The summed E-state index contributed by atoms with van der Waals surface area (Å²) in [5.74, 6) is -1.20. The van der Waals surface area contributed by atoms with Gasteiger partial charge in [0.05, 0.1) is 6.04 Å². The number of ether oxygens (including phenoxy) is 1. The number of likely N-dealkylation sites (N-methyl/N-ethyl adjacent to an activating group) is 1. The van der Waals surface area contributed by atoms with Gasteiger partial charge in [0, 0.05) is 12.1 Å². The van der Waals surface area contributed by atoms with Crippen LogP contribution in [0.5, 0.6) is 0 Å². The summed E-state index contributed by atoms with van der Waals surface area (Å²) in [5.41, 5.74) is 0.220. The van der Waals surface area contributed by atoms with Gasteiger partial charge in [0.25, 0.3) is 0 Å². The van der Waals surface area contributed by atoms with Gasteiger partial charge in [-0.3, -0.25) is 4.90 Å². The monoisotopic (exact) mass is 266 g/mol. The Bertz CT molecular complexity index is 390. The highest BCUT2D eigenvalue weighted by molar-refractivity contribution is 5.97. The maximum atomic E-state index is 12.2. The molecule has 1 aliphatic heterocycles. The second-order valence-electron chi connectivity index (χ2n) is 5.03. The molecule has 0 N–H and O–H groups in total. The lowest BCUT2D eigenvalue weighted by Crippen LogP contribution is -2.50. The molecule has 0 amide bonds. The minimum absolute atomic E-state index is 0.00192. The second-order valence-corrected chi connectivity index (χ2v) is 5.03. The van der Waals surface area contributed by atoms with Crippen molar-refractivity contribution in [1.29, 1.82) is 0 Å². The molecule has 19 heavy (non-hydrogen) atoms. The van der Waals surface area contributed by atoms with Crippen molar-refractivity contribution < 1.29 is 14.3 Å². The maximum absolute atomic E-state index is 12.2. The number of esters is 2. The van der Waals surface area contributed by atoms with E-state index < -0.39 is 18.0 Å². The van der Waals surface area contributed by atoms with Crippen molar-refractivity contribution >= 4 is 11.9 Å². The number of nitrogens with zero attached hydrogens (tertiary/aromatic N) is 2. The zero-order valence-electron chi connectivity index (χ0n) is 11.9. The molecular weight excluding hydrogens is 244 g/mol. The summed E-state index contributed by atoms with van der Waals surface area (Å²) in [7, 11) is 3.60. The zero-order valence-corrected chi connectivity index (χ0v) is 11.9. The first-order chi connectivity index (χ1) is 8.88. The fourth-order valence-corrected chi connectivity index (χ4v) is 2.33. The van der Waals surface area contributed by atoms with Gasteiger partial charge in [0.1, 0.15) is 6.04 Å². The molecule has 0 spiro atoms. The zero-order chi connectivity index (χ0) is 14.6. The fraction of sp³-hybridized carbons (Fsp3) is 0.571. The number of hydrogen-bond donors (Lipinski definition) is 0. The van der Waals surface area contributed by atoms with Crippen molar-refractivity contribution in [3.8, 4) is 0 Å². The molecule has 0 saturated carbocycles. The molecule has 2 unspecified atom stereocenters. The SMILES string of the molecule is C=CN1CCCC1C(C(=O)OC(=O)C(=C)C)N(C)C. The Hall–Kier alpha value is -1.62. The van der Waals surface area contributed by atoms with Crippen LogP contribution in [0, 0.1) is 0 Å². The lowest BCUT2D eigenvalue weighted by Gasteiger charge is -2.32. The van der Waals surface area contributed by atoms with Crippen molar-refractivity contribution in [2.45, 2.75) is 31.8 Å². The third-order valence-corrected chi connectivity index (χ3v) is 3.28. The highest BCUT2D eigenvalue weighted by Crippen LogP contribution is 2.23. The fourth-order valence-electron chi connectivity index (χ4n) is 2.33. The first kappa shape index (κ1) is 15.4. The number of hydrogen-bond acceptors (Lipinski definition) is 5. The first-order valence-corrected chi connectivity index (χ1v) is 6.34. The van der Waals surface area contributed by atoms with Crippen molar-refractivity contribution in [3.05, 3.63) is 24.9 Å². The van der Waals surface area contributed by atoms with Crippen molar-refractivity contribution in [1.82, 2.24) is 9.80 Å². The van der Waals surface area contributed by atoms with Gasteiger partial charge < -0.3 is 9.64 Å². The van der Waals surface area contributed by atoms with Gasteiger partial charge in [0.15, 0.2) is 0 Å². The summed E-state index contributed by atoms with van der Waals surface area (Å²) in [6.07, 6.45) is 3.62. The van der Waals surface area contributed by atoms with Gasteiger partial charge in [-0.05, 0) is 40.1 Å². The minimum Gasteiger partial charge on any atom is -0.388 e. The summed E-state index contributed by atoms with van der Waals surface area (Å²) < 4.78 is 4.86. The molecule has 0 aliphatic carbocycles. The lowest BCUT2D eigenvalue weighted by molar-refractivity contribution is -0.161. The van der Waals surface area contributed by atoms with E-state index in [2.05, 4.69) is 13.2 Å². The van der Waals surface area contributed by atoms with Crippen molar-refractivity contribution in [2.24, 2.45) is 0 Å². The molecule has 0 radical (unpaired) electrons. The minimum atomic E-state index is -0.667. The standard InChI is InChI=1S/C14H22N2O3/c1-6-16-9-7-8-11(16)12(15(4)5)14(18)19-13(17)10(2)3/h6,11-12H,1-2,7-9H2,3-5H3. The summed E-state index contributed by atoms with van der Waals surface area (Å²) >= 11 is 0. The molecule has 106 valence electrons. The Morgan fingerprint density at radius 3 is 2.58 bits per heavy atom. The Morgan fingerprint density at radius 2 is 2.11 bits per heavy atom. The average molecular weight is 266 g/mol. The Kier molecular flexibility index (Phi) is 5.30. The summed E-state index contributed by atoms with van der Waals surface area (Å²) in [6.45, 7) is 9.63. The molecule has 1 heterocycles. The van der Waals surface area contributed by atoms with Crippen LogP contribution in [0.4, 0.5) is 0 Å². The largest absolute Gasteiger partial charge is 0.388 e. The molecule has 1 aliphatic rings. The van der Waals surface area contributed by atoms with Crippen LogP contribution in [0.15, 0.2) is 24.9 Å². The van der Waals surface area contributed by atoms with E-state index >= 15 is 0 Å². The molecule has 1 fully saturated rings. The van der Waals surface area contributed by atoms with Crippen molar-refractivity contribution in [2.75, 3.05) is 20.6 Å². The predicted molar refractivity (Wildman–Crippen MR) is 73.3 cm³/mol. The quantitative estimate of drug-likeness (QED) is 0.425. The average Bonchev–Trinajstić information content (AvgIpc) is 2.76. The molecule has 5 nitrogen and oxygen atoms in total. The first-order valence-electron chi connectivity index (χ1n) is 6.34. The van der Waals surface area contributed by atoms with Crippen LogP contribution in [0.1, 0.15) is 19.8 Å². The highest BCUT2D eigenvalue weighted by Gasteiger charge is 2.38.